The zero-order chi connectivity index (χ0) is 19.5. The van der Waals surface area contributed by atoms with Crippen molar-refractivity contribution in [3.05, 3.63) is 45.6 Å². The Morgan fingerprint density at radius 2 is 2.11 bits per heavy atom. The first-order valence-corrected chi connectivity index (χ1v) is 10.4. The molecule has 28 heavy (non-hydrogen) atoms. The Balaban J connectivity index is 1.28. The van der Waals surface area contributed by atoms with Crippen LogP contribution in [-0.2, 0) is 6.54 Å². The van der Waals surface area contributed by atoms with E-state index in [0.717, 1.165) is 37.4 Å². The van der Waals surface area contributed by atoms with Gasteiger partial charge in [0.25, 0.3) is 5.91 Å². The molecule has 2 aliphatic heterocycles. The van der Waals surface area contributed by atoms with Crippen molar-refractivity contribution < 1.29 is 19.1 Å². The van der Waals surface area contributed by atoms with Crippen molar-refractivity contribution in [2.45, 2.75) is 26.3 Å². The number of piperidine rings is 1. The first-order valence-electron chi connectivity index (χ1n) is 9.57. The molecule has 7 heteroatoms. The molecule has 3 heterocycles. The minimum atomic E-state index is -0.0839. The van der Waals surface area contributed by atoms with Gasteiger partial charge >= 0.3 is 0 Å². The Labute approximate surface area is 168 Å². The van der Waals surface area contributed by atoms with Gasteiger partial charge in [0.2, 0.25) is 6.79 Å². The number of amides is 1. The maximum absolute atomic E-state index is 12.5. The van der Waals surface area contributed by atoms with Crippen LogP contribution in [0.1, 0.15) is 45.4 Å². The maximum Gasteiger partial charge on any atom is 0.251 e. The van der Waals surface area contributed by atoms with Crippen molar-refractivity contribution in [2.75, 3.05) is 26.4 Å². The quantitative estimate of drug-likeness (QED) is 0.754. The number of Topliss-reactive ketones (excluding diaryl/α,β-unsaturated/α-hetero) is 1. The number of nitrogens with one attached hydrogen (secondary N) is 1. The largest absolute Gasteiger partial charge is 0.454 e. The summed E-state index contributed by atoms with van der Waals surface area (Å²) in [6, 6.07) is 7.26. The molecule has 1 N–H and O–H groups in total. The Kier molecular flexibility index (Phi) is 5.64. The number of ether oxygens (including phenoxy) is 2. The van der Waals surface area contributed by atoms with Gasteiger partial charge in [-0.1, -0.05) is 0 Å². The van der Waals surface area contributed by atoms with Gasteiger partial charge in [-0.3, -0.25) is 14.5 Å². The van der Waals surface area contributed by atoms with E-state index in [4.69, 9.17) is 9.47 Å². The van der Waals surface area contributed by atoms with E-state index < -0.39 is 0 Å². The number of fused-ring (bicyclic) bond motifs is 1. The van der Waals surface area contributed by atoms with Gasteiger partial charge < -0.3 is 14.8 Å². The Hall–Kier alpha value is -2.38. The van der Waals surface area contributed by atoms with E-state index in [9.17, 15) is 9.59 Å². The summed E-state index contributed by atoms with van der Waals surface area (Å²) in [4.78, 5) is 27.2. The van der Waals surface area contributed by atoms with Crippen molar-refractivity contribution in [1.82, 2.24) is 10.2 Å². The minimum Gasteiger partial charge on any atom is -0.454 e. The van der Waals surface area contributed by atoms with Gasteiger partial charge in [0.15, 0.2) is 17.3 Å². The van der Waals surface area contributed by atoms with Crippen LogP contribution in [0.4, 0.5) is 0 Å². The van der Waals surface area contributed by atoms with Gasteiger partial charge in [0.1, 0.15) is 0 Å². The smallest absolute Gasteiger partial charge is 0.251 e. The van der Waals surface area contributed by atoms with Gasteiger partial charge in [-0.15, -0.1) is 11.3 Å². The molecule has 148 valence electrons. The first-order chi connectivity index (χ1) is 13.6. The highest BCUT2D eigenvalue weighted by atomic mass is 32.1. The van der Waals surface area contributed by atoms with Gasteiger partial charge in [-0.2, -0.15) is 0 Å². The zero-order valence-electron chi connectivity index (χ0n) is 15.9. The summed E-state index contributed by atoms with van der Waals surface area (Å²) in [5, 5.41) is 5.13. The van der Waals surface area contributed by atoms with Crippen LogP contribution in [0.15, 0.2) is 29.6 Å². The summed E-state index contributed by atoms with van der Waals surface area (Å²) in [6.07, 6.45) is 2.23. The van der Waals surface area contributed by atoms with Crippen LogP contribution in [0.2, 0.25) is 0 Å². The third-order valence-corrected chi connectivity index (χ3v) is 6.28. The van der Waals surface area contributed by atoms with Crippen LogP contribution < -0.4 is 14.8 Å². The molecule has 1 atom stereocenters. The summed E-state index contributed by atoms with van der Waals surface area (Å²) in [7, 11) is 0. The molecule has 2 aromatic rings. The second kappa shape index (κ2) is 8.32. The van der Waals surface area contributed by atoms with E-state index in [1.807, 2.05) is 6.07 Å². The standard InChI is InChI=1S/C21H24N2O4S/c1-14(24)20-7-16(12-28-20)11-23-6-2-3-15(10-23)9-22-21(25)17-4-5-18-19(8-17)27-13-26-18/h4-5,7-8,12,15H,2-3,6,9-11,13H2,1H3,(H,22,25). The average Bonchev–Trinajstić information content (AvgIpc) is 3.35. The van der Waals surface area contributed by atoms with Crippen molar-refractivity contribution in [1.29, 1.82) is 0 Å². The molecule has 0 bridgehead atoms. The highest BCUT2D eigenvalue weighted by Crippen LogP contribution is 2.32. The summed E-state index contributed by atoms with van der Waals surface area (Å²) in [5.74, 6) is 1.77. The molecule has 0 saturated carbocycles. The number of rotatable bonds is 6. The minimum absolute atomic E-state index is 0.0839. The molecular weight excluding hydrogens is 376 g/mol. The molecule has 1 aromatic heterocycles. The Morgan fingerprint density at radius 1 is 1.25 bits per heavy atom. The predicted molar refractivity (Wildman–Crippen MR) is 107 cm³/mol. The van der Waals surface area contributed by atoms with Crippen molar-refractivity contribution in [2.24, 2.45) is 5.92 Å². The van der Waals surface area contributed by atoms with Crippen molar-refractivity contribution >= 4 is 23.0 Å². The van der Waals surface area contributed by atoms with Gasteiger partial charge in [-0.25, -0.2) is 0 Å². The fourth-order valence-corrected chi connectivity index (χ4v) is 4.55. The molecule has 1 amide bonds. The second-order valence-electron chi connectivity index (χ2n) is 7.40. The third-order valence-electron chi connectivity index (χ3n) is 5.20. The molecule has 1 saturated heterocycles. The SMILES string of the molecule is CC(=O)c1cc(CN2CCCC(CNC(=O)c3ccc4c(c3)OCO4)C2)cs1. The fourth-order valence-electron chi connectivity index (χ4n) is 3.74. The fraction of sp³-hybridized carbons (Fsp3) is 0.429. The number of likely N-dealkylation sites (tertiary alicyclic amines) is 1. The topological polar surface area (TPSA) is 67.9 Å². The second-order valence-corrected chi connectivity index (χ2v) is 8.31. The third kappa shape index (κ3) is 4.36. The monoisotopic (exact) mass is 400 g/mol. The van der Waals surface area contributed by atoms with Crippen LogP contribution in [0, 0.1) is 5.92 Å². The molecule has 0 aliphatic carbocycles. The van der Waals surface area contributed by atoms with E-state index in [0.29, 0.717) is 29.5 Å². The van der Waals surface area contributed by atoms with Gasteiger partial charge in [0, 0.05) is 25.2 Å². The molecule has 0 radical (unpaired) electrons. The Morgan fingerprint density at radius 3 is 2.93 bits per heavy atom. The molecule has 1 aromatic carbocycles. The van der Waals surface area contributed by atoms with E-state index in [1.54, 1.807) is 25.1 Å². The van der Waals surface area contributed by atoms with E-state index in [-0.39, 0.29) is 18.5 Å². The highest BCUT2D eigenvalue weighted by molar-refractivity contribution is 7.12. The van der Waals surface area contributed by atoms with Gasteiger partial charge in [-0.05, 0) is 67.4 Å². The molecule has 6 nitrogen and oxygen atoms in total. The normalized spacial score (nSPS) is 18.8. The lowest BCUT2D eigenvalue weighted by atomic mass is 9.97. The summed E-state index contributed by atoms with van der Waals surface area (Å²) >= 11 is 1.51. The molecule has 4 rings (SSSR count). The summed E-state index contributed by atoms with van der Waals surface area (Å²) in [5.41, 5.74) is 1.78. The molecule has 1 unspecified atom stereocenters. The number of carbonyl (C=O) groups excluding carboxylic acids is 2. The van der Waals surface area contributed by atoms with E-state index in [1.165, 1.54) is 16.9 Å². The van der Waals surface area contributed by atoms with Crippen LogP contribution in [-0.4, -0.2) is 43.0 Å². The molecule has 1 fully saturated rings. The lowest BCUT2D eigenvalue weighted by Crippen LogP contribution is -2.40. The van der Waals surface area contributed by atoms with Gasteiger partial charge in [0.05, 0.1) is 4.88 Å². The van der Waals surface area contributed by atoms with E-state index >= 15 is 0 Å². The number of ketones is 1. The van der Waals surface area contributed by atoms with Crippen LogP contribution >= 0.6 is 11.3 Å². The molecular formula is C21H24N2O4S. The van der Waals surface area contributed by atoms with Crippen LogP contribution in [0.5, 0.6) is 11.5 Å². The van der Waals surface area contributed by atoms with Crippen LogP contribution in [0.25, 0.3) is 0 Å². The summed E-state index contributed by atoms with van der Waals surface area (Å²) in [6.45, 7) is 5.33. The highest BCUT2D eigenvalue weighted by Gasteiger charge is 2.22. The van der Waals surface area contributed by atoms with Crippen LogP contribution in [0.3, 0.4) is 0 Å². The molecule has 0 spiro atoms. The summed E-state index contributed by atoms with van der Waals surface area (Å²) < 4.78 is 10.6. The number of hydrogen-bond acceptors (Lipinski definition) is 6. The first kappa shape index (κ1) is 19.0. The number of carbonyl (C=O) groups is 2. The zero-order valence-corrected chi connectivity index (χ0v) is 16.7. The number of benzene rings is 1. The lowest BCUT2D eigenvalue weighted by molar-refractivity contribution is 0.0929. The Bertz CT molecular complexity index is 879. The maximum atomic E-state index is 12.5. The lowest BCUT2D eigenvalue weighted by Gasteiger charge is -2.32. The molecule has 2 aliphatic rings. The van der Waals surface area contributed by atoms with E-state index in [2.05, 4.69) is 15.6 Å². The number of nitrogens with zero attached hydrogens (tertiary/aromatic N) is 1. The number of hydrogen-bond donors (Lipinski definition) is 1. The average molecular weight is 401 g/mol. The van der Waals surface area contributed by atoms with Crippen molar-refractivity contribution in [3.63, 3.8) is 0 Å². The number of thiophene rings is 1. The predicted octanol–water partition coefficient (Wildman–Crippen LogP) is 3.32. The van der Waals surface area contributed by atoms with Crippen molar-refractivity contribution in [3.8, 4) is 11.5 Å².